The number of hydrogen-bond acceptors (Lipinski definition) is 8. The van der Waals surface area contributed by atoms with Crippen molar-refractivity contribution >= 4 is 47.0 Å². The molecule has 2 N–H and O–H groups in total. The van der Waals surface area contributed by atoms with Crippen molar-refractivity contribution in [2.45, 2.75) is 6.92 Å². The van der Waals surface area contributed by atoms with Crippen molar-refractivity contribution in [3.63, 3.8) is 0 Å². The molecule has 42 heavy (non-hydrogen) atoms. The number of nitro groups is 1. The highest BCUT2D eigenvalue weighted by Gasteiger charge is 2.14. The minimum Gasteiger partial charge on any atom is -0.490 e. The second kappa shape index (κ2) is 13.7. The number of amides is 2. The molecule has 4 rings (SSSR count). The lowest BCUT2D eigenvalue weighted by molar-refractivity contribution is -0.384. The van der Waals surface area contributed by atoms with Gasteiger partial charge in [-0.3, -0.25) is 19.7 Å². The van der Waals surface area contributed by atoms with Crippen LogP contribution < -0.4 is 20.2 Å². The van der Waals surface area contributed by atoms with Gasteiger partial charge in [0.15, 0.2) is 11.5 Å². The summed E-state index contributed by atoms with van der Waals surface area (Å²) in [5.41, 5.74) is 4.18. The number of nitro benzene ring substituents is 1. The van der Waals surface area contributed by atoms with Gasteiger partial charge in [0.2, 0.25) is 0 Å². The van der Waals surface area contributed by atoms with Gasteiger partial charge in [-0.2, -0.15) is 5.10 Å². The summed E-state index contributed by atoms with van der Waals surface area (Å²) in [7, 11) is 0. The molecule has 0 aliphatic carbocycles. The third kappa shape index (κ3) is 7.77. The van der Waals surface area contributed by atoms with E-state index in [4.69, 9.17) is 21.1 Å². The van der Waals surface area contributed by atoms with E-state index in [1.54, 1.807) is 61.5 Å². The second-order valence-corrected chi connectivity index (χ2v) is 9.01. The largest absolute Gasteiger partial charge is 0.490 e. The molecule has 0 radical (unpaired) electrons. The summed E-state index contributed by atoms with van der Waals surface area (Å²) in [5, 5.41) is 17.9. The molecule has 12 heteroatoms. The lowest BCUT2D eigenvalue weighted by Crippen LogP contribution is -2.18. The van der Waals surface area contributed by atoms with Crippen molar-refractivity contribution in [2.24, 2.45) is 5.10 Å². The fraction of sp³-hybridized carbons (Fsp3) is 0.0667. The first-order chi connectivity index (χ1) is 20.2. The Bertz CT molecular complexity index is 1640. The molecule has 4 aromatic rings. The predicted octanol–water partition coefficient (Wildman–Crippen LogP) is 5.88. The standard InChI is InChI=1S/C30H23ClN4O7/c1-2-41-27-17-19(3-16-26(27)42-30(38)22-4-10-23(31)11-5-22)18-32-34-29(37)21-6-12-24(13-7-21)33-28(36)20-8-14-25(15-9-20)35(39)40/h3-18H,2H2,1H3,(H,33,36)(H,34,37)/b32-18-. The Balaban J connectivity index is 1.34. The van der Waals surface area contributed by atoms with E-state index >= 15 is 0 Å². The predicted molar refractivity (Wildman–Crippen MR) is 157 cm³/mol. The van der Waals surface area contributed by atoms with Crippen LogP contribution in [0.25, 0.3) is 0 Å². The van der Waals surface area contributed by atoms with E-state index in [1.165, 1.54) is 42.6 Å². The average molecular weight is 587 g/mol. The van der Waals surface area contributed by atoms with Gasteiger partial charge in [-0.05, 0) is 91.3 Å². The highest BCUT2D eigenvalue weighted by atomic mass is 35.5. The quantitative estimate of drug-likeness (QED) is 0.0774. The van der Waals surface area contributed by atoms with Gasteiger partial charge >= 0.3 is 5.97 Å². The van der Waals surface area contributed by atoms with Gasteiger partial charge in [0.25, 0.3) is 17.5 Å². The summed E-state index contributed by atoms with van der Waals surface area (Å²) in [4.78, 5) is 47.6. The number of halogens is 1. The average Bonchev–Trinajstić information content (AvgIpc) is 2.99. The summed E-state index contributed by atoms with van der Waals surface area (Å²) in [6, 6.07) is 22.4. The number of carbonyl (C=O) groups is 3. The van der Waals surface area contributed by atoms with Crippen molar-refractivity contribution in [1.82, 2.24) is 5.43 Å². The van der Waals surface area contributed by atoms with E-state index < -0.39 is 22.7 Å². The van der Waals surface area contributed by atoms with Crippen LogP contribution >= 0.6 is 11.6 Å². The SMILES string of the molecule is CCOc1cc(/C=N\NC(=O)c2ccc(NC(=O)c3ccc([N+](=O)[O-])cc3)cc2)ccc1OC(=O)c1ccc(Cl)cc1. The Hall–Kier alpha value is -5.55. The summed E-state index contributed by atoms with van der Waals surface area (Å²) >= 11 is 5.87. The van der Waals surface area contributed by atoms with Gasteiger partial charge in [-0.1, -0.05) is 11.6 Å². The number of rotatable bonds is 10. The molecule has 212 valence electrons. The van der Waals surface area contributed by atoms with Crippen LogP contribution in [0.1, 0.15) is 43.6 Å². The second-order valence-electron chi connectivity index (χ2n) is 8.57. The fourth-order valence-corrected chi connectivity index (χ4v) is 3.70. The monoisotopic (exact) mass is 586 g/mol. The molecule has 0 unspecified atom stereocenters. The van der Waals surface area contributed by atoms with Crippen LogP contribution in [0.5, 0.6) is 11.5 Å². The highest BCUT2D eigenvalue weighted by Crippen LogP contribution is 2.29. The molecular weight excluding hydrogens is 564 g/mol. The van der Waals surface area contributed by atoms with E-state index in [0.717, 1.165) is 0 Å². The number of benzene rings is 4. The van der Waals surface area contributed by atoms with Gasteiger partial charge in [0, 0.05) is 34.0 Å². The van der Waals surface area contributed by atoms with Gasteiger partial charge in [0.05, 0.1) is 23.3 Å². The Morgan fingerprint density at radius 2 is 1.48 bits per heavy atom. The minimum absolute atomic E-state index is 0.118. The zero-order valence-electron chi connectivity index (χ0n) is 22.1. The molecule has 11 nitrogen and oxygen atoms in total. The zero-order valence-corrected chi connectivity index (χ0v) is 22.8. The number of non-ortho nitro benzene ring substituents is 1. The summed E-state index contributed by atoms with van der Waals surface area (Å²) < 4.78 is 11.1. The fourth-order valence-electron chi connectivity index (χ4n) is 3.58. The molecule has 0 aromatic heterocycles. The van der Waals surface area contributed by atoms with Gasteiger partial charge < -0.3 is 14.8 Å². The first kappa shape index (κ1) is 29.4. The molecule has 0 spiro atoms. The molecule has 0 heterocycles. The maximum Gasteiger partial charge on any atom is 0.343 e. The van der Waals surface area contributed by atoms with Crippen LogP contribution in [0.15, 0.2) is 96.1 Å². The van der Waals surface area contributed by atoms with Gasteiger partial charge in [0.1, 0.15) is 0 Å². The number of carbonyl (C=O) groups excluding carboxylic acids is 3. The van der Waals surface area contributed by atoms with Crippen LogP contribution in [0, 0.1) is 10.1 Å². The Labute approximate surface area is 244 Å². The topological polar surface area (TPSA) is 149 Å². The molecule has 0 aliphatic heterocycles. The molecule has 0 atom stereocenters. The number of hydrazone groups is 1. The van der Waals surface area contributed by atoms with E-state index in [-0.39, 0.29) is 17.0 Å². The molecular formula is C30H23ClN4O7. The van der Waals surface area contributed by atoms with E-state index in [1.807, 2.05) is 0 Å². The van der Waals surface area contributed by atoms with E-state index in [9.17, 15) is 24.5 Å². The molecule has 0 saturated carbocycles. The number of esters is 1. The van der Waals surface area contributed by atoms with E-state index in [0.29, 0.717) is 39.8 Å². The number of nitrogens with zero attached hydrogens (tertiary/aromatic N) is 2. The third-order valence-electron chi connectivity index (χ3n) is 5.68. The number of anilines is 1. The van der Waals surface area contributed by atoms with Crippen LogP contribution in [0.4, 0.5) is 11.4 Å². The number of ether oxygens (including phenoxy) is 2. The molecule has 4 aromatic carbocycles. The molecule has 0 bridgehead atoms. The van der Waals surface area contributed by atoms with Crippen molar-refractivity contribution in [2.75, 3.05) is 11.9 Å². The number of nitrogens with one attached hydrogen (secondary N) is 2. The van der Waals surface area contributed by atoms with Crippen LogP contribution in [-0.4, -0.2) is 35.5 Å². The van der Waals surface area contributed by atoms with Crippen molar-refractivity contribution in [1.29, 1.82) is 0 Å². The van der Waals surface area contributed by atoms with E-state index in [2.05, 4.69) is 15.8 Å². The maximum atomic E-state index is 12.5. The molecule has 2 amide bonds. The Morgan fingerprint density at radius 3 is 2.12 bits per heavy atom. The smallest absolute Gasteiger partial charge is 0.343 e. The van der Waals surface area contributed by atoms with Crippen molar-refractivity contribution < 1.29 is 28.8 Å². The number of hydrogen-bond donors (Lipinski definition) is 2. The first-order valence-corrected chi connectivity index (χ1v) is 12.8. The van der Waals surface area contributed by atoms with Crippen molar-refractivity contribution in [3.05, 3.63) is 128 Å². The molecule has 0 aliphatic rings. The summed E-state index contributed by atoms with van der Waals surface area (Å²) in [5.74, 6) is -0.972. The van der Waals surface area contributed by atoms with Crippen LogP contribution in [-0.2, 0) is 0 Å². The van der Waals surface area contributed by atoms with Crippen LogP contribution in [0.2, 0.25) is 5.02 Å². The highest BCUT2D eigenvalue weighted by molar-refractivity contribution is 6.30. The van der Waals surface area contributed by atoms with Gasteiger partial charge in [-0.25, -0.2) is 10.2 Å². The normalized spacial score (nSPS) is 10.6. The molecule has 0 saturated heterocycles. The lowest BCUT2D eigenvalue weighted by atomic mass is 10.1. The molecule has 0 fully saturated rings. The summed E-state index contributed by atoms with van der Waals surface area (Å²) in [6.45, 7) is 2.12. The summed E-state index contributed by atoms with van der Waals surface area (Å²) in [6.07, 6.45) is 1.41. The van der Waals surface area contributed by atoms with Gasteiger partial charge in [-0.15, -0.1) is 0 Å². The zero-order chi connectivity index (χ0) is 30.1. The minimum atomic E-state index is -0.571. The Kier molecular flexibility index (Phi) is 9.59. The Morgan fingerprint density at radius 1 is 0.857 bits per heavy atom. The maximum absolute atomic E-state index is 12.5. The first-order valence-electron chi connectivity index (χ1n) is 12.5. The lowest BCUT2D eigenvalue weighted by Gasteiger charge is -2.11. The van der Waals surface area contributed by atoms with Crippen LogP contribution in [0.3, 0.4) is 0 Å². The van der Waals surface area contributed by atoms with Crippen molar-refractivity contribution in [3.8, 4) is 11.5 Å². The third-order valence-corrected chi connectivity index (χ3v) is 5.93.